The van der Waals surface area contributed by atoms with Crippen molar-refractivity contribution in [1.82, 2.24) is 5.32 Å². The first-order valence-corrected chi connectivity index (χ1v) is 8.91. The fraction of sp³-hybridized carbons (Fsp3) is 0.625. The third-order valence-electron chi connectivity index (χ3n) is 3.87. The highest BCUT2D eigenvalue weighted by Crippen LogP contribution is 2.26. The first-order chi connectivity index (χ1) is 9.38. The highest BCUT2D eigenvalue weighted by atomic mass is 32.2. The van der Waals surface area contributed by atoms with Crippen molar-refractivity contribution in [2.45, 2.75) is 63.1 Å². The van der Waals surface area contributed by atoms with Crippen LogP contribution in [-0.2, 0) is 9.84 Å². The Morgan fingerprint density at radius 2 is 1.85 bits per heavy atom. The van der Waals surface area contributed by atoms with Crippen LogP contribution >= 0.6 is 0 Å². The Morgan fingerprint density at radius 1 is 1.20 bits per heavy atom. The Bertz CT molecular complexity index is 537. The minimum Gasteiger partial charge on any atom is -0.316 e. The zero-order valence-corrected chi connectivity index (χ0v) is 14.0. The molecule has 3 nitrogen and oxygen atoms in total. The smallest absolute Gasteiger partial charge is 0.183 e. The molecule has 0 aliphatic carbocycles. The van der Waals surface area contributed by atoms with Crippen LogP contribution in [0.15, 0.2) is 23.1 Å². The number of rotatable bonds is 7. The fourth-order valence-corrected chi connectivity index (χ4v) is 5.06. The van der Waals surface area contributed by atoms with E-state index in [9.17, 15) is 8.42 Å². The summed E-state index contributed by atoms with van der Waals surface area (Å²) in [5.41, 5.74) is 1.82. The number of benzene rings is 1. The van der Waals surface area contributed by atoms with Crippen LogP contribution in [0.4, 0.5) is 0 Å². The van der Waals surface area contributed by atoms with E-state index < -0.39 is 9.84 Å². The molecule has 114 valence electrons. The molecule has 20 heavy (non-hydrogen) atoms. The second-order valence-corrected chi connectivity index (χ2v) is 7.58. The third-order valence-corrected chi connectivity index (χ3v) is 6.38. The molecule has 1 aromatic carbocycles. The molecular weight excluding hydrogens is 270 g/mol. The SMILES string of the molecule is CCCC(NC)C(CC)S(=O)(=O)c1cc(C)ccc1C. The molecule has 1 aromatic rings. The molecule has 0 radical (unpaired) electrons. The second-order valence-electron chi connectivity index (χ2n) is 5.44. The summed E-state index contributed by atoms with van der Waals surface area (Å²) in [6, 6.07) is 5.65. The molecule has 0 heterocycles. The van der Waals surface area contributed by atoms with Gasteiger partial charge in [-0.25, -0.2) is 8.42 Å². The molecule has 0 aliphatic rings. The number of nitrogens with one attached hydrogen (secondary N) is 1. The standard InChI is InChI=1S/C16H27NO2S/c1-6-8-14(17-5)15(7-2)20(18,19)16-11-12(3)9-10-13(16)4/h9-11,14-15,17H,6-8H2,1-5H3. The van der Waals surface area contributed by atoms with Crippen LogP contribution in [0, 0.1) is 13.8 Å². The molecule has 2 atom stereocenters. The largest absolute Gasteiger partial charge is 0.316 e. The summed E-state index contributed by atoms with van der Waals surface area (Å²) in [4.78, 5) is 0.487. The average molecular weight is 297 g/mol. The monoisotopic (exact) mass is 297 g/mol. The molecule has 0 amide bonds. The highest BCUT2D eigenvalue weighted by Gasteiger charge is 2.33. The van der Waals surface area contributed by atoms with Crippen molar-refractivity contribution in [2.24, 2.45) is 0 Å². The molecule has 0 saturated heterocycles. The molecule has 0 aromatic heterocycles. The molecule has 0 aliphatic heterocycles. The lowest BCUT2D eigenvalue weighted by Crippen LogP contribution is -2.42. The van der Waals surface area contributed by atoms with E-state index in [-0.39, 0.29) is 11.3 Å². The summed E-state index contributed by atoms with van der Waals surface area (Å²) in [5, 5.41) is 2.82. The van der Waals surface area contributed by atoms with E-state index in [1.54, 1.807) is 6.07 Å². The van der Waals surface area contributed by atoms with Gasteiger partial charge in [0.05, 0.1) is 10.1 Å². The van der Waals surface area contributed by atoms with Crippen LogP contribution in [0.3, 0.4) is 0 Å². The van der Waals surface area contributed by atoms with Crippen LogP contribution in [0.25, 0.3) is 0 Å². The Balaban J connectivity index is 3.27. The quantitative estimate of drug-likeness (QED) is 0.840. The van der Waals surface area contributed by atoms with E-state index in [1.165, 1.54) is 0 Å². The van der Waals surface area contributed by atoms with Gasteiger partial charge in [-0.3, -0.25) is 0 Å². The molecule has 0 fully saturated rings. The minimum atomic E-state index is -3.30. The molecule has 0 bridgehead atoms. The van der Waals surface area contributed by atoms with Gasteiger partial charge in [-0.15, -0.1) is 0 Å². The van der Waals surface area contributed by atoms with Crippen molar-refractivity contribution in [1.29, 1.82) is 0 Å². The average Bonchev–Trinajstić information content (AvgIpc) is 2.40. The summed E-state index contributed by atoms with van der Waals surface area (Å²) < 4.78 is 25.9. The summed E-state index contributed by atoms with van der Waals surface area (Å²) in [5.74, 6) is 0. The van der Waals surface area contributed by atoms with E-state index in [0.717, 1.165) is 24.0 Å². The number of hydrogen-bond donors (Lipinski definition) is 1. The van der Waals surface area contributed by atoms with Gasteiger partial charge < -0.3 is 5.32 Å². The molecule has 1 N–H and O–H groups in total. The van der Waals surface area contributed by atoms with E-state index in [0.29, 0.717) is 11.3 Å². The first-order valence-electron chi connectivity index (χ1n) is 7.36. The maximum atomic E-state index is 13.0. The van der Waals surface area contributed by atoms with E-state index >= 15 is 0 Å². The Labute approximate surface area is 123 Å². The number of hydrogen-bond acceptors (Lipinski definition) is 3. The van der Waals surface area contributed by atoms with Crippen LogP contribution in [0.5, 0.6) is 0 Å². The first kappa shape index (κ1) is 17.2. The summed E-state index contributed by atoms with van der Waals surface area (Å²) in [6.07, 6.45) is 2.48. The topological polar surface area (TPSA) is 46.2 Å². The molecule has 0 saturated carbocycles. The number of aryl methyl sites for hydroxylation is 2. The van der Waals surface area contributed by atoms with Crippen LogP contribution in [0.2, 0.25) is 0 Å². The molecule has 0 spiro atoms. The van der Waals surface area contributed by atoms with E-state index in [1.807, 2.05) is 40.0 Å². The van der Waals surface area contributed by atoms with Gasteiger partial charge in [0.25, 0.3) is 0 Å². The predicted molar refractivity (Wildman–Crippen MR) is 84.9 cm³/mol. The van der Waals surface area contributed by atoms with Gasteiger partial charge in [0.15, 0.2) is 9.84 Å². The second kappa shape index (κ2) is 7.23. The van der Waals surface area contributed by atoms with Gasteiger partial charge in [-0.05, 0) is 50.9 Å². The zero-order chi connectivity index (χ0) is 15.3. The van der Waals surface area contributed by atoms with Gasteiger partial charge in [-0.2, -0.15) is 0 Å². The van der Waals surface area contributed by atoms with Crippen molar-refractivity contribution in [2.75, 3.05) is 7.05 Å². The molecule has 1 rings (SSSR count). The molecule has 4 heteroatoms. The normalized spacial score (nSPS) is 15.1. The summed E-state index contributed by atoms with van der Waals surface area (Å²) in [7, 11) is -1.45. The summed E-state index contributed by atoms with van der Waals surface area (Å²) >= 11 is 0. The van der Waals surface area contributed by atoms with Gasteiger partial charge in [0, 0.05) is 6.04 Å². The Kier molecular flexibility index (Phi) is 6.21. The molecular formula is C16H27NO2S. The van der Waals surface area contributed by atoms with Crippen molar-refractivity contribution >= 4 is 9.84 Å². The van der Waals surface area contributed by atoms with Crippen LogP contribution < -0.4 is 5.32 Å². The van der Waals surface area contributed by atoms with Crippen LogP contribution in [-0.4, -0.2) is 26.8 Å². The van der Waals surface area contributed by atoms with Crippen molar-refractivity contribution < 1.29 is 8.42 Å². The van der Waals surface area contributed by atoms with Gasteiger partial charge >= 0.3 is 0 Å². The molecule has 2 unspecified atom stereocenters. The lowest BCUT2D eigenvalue weighted by molar-refractivity contribution is 0.464. The summed E-state index contributed by atoms with van der Waals surface area (Å²) in [6.45, 7) is 7.84. The van der Waals surface area contributed by atoms with Gasteiger partial charge in [0.1, 0.15) is 0 Å². The van der Waals surface area contributed by atoms with E-state index in [2.05, 4.69) is 12.2 Å². The predicted octanol–water partition coefficient (Wildman–Crippen LogP) is 3.24. The van der Waals surface area contributed by atoms with Crippen LogP contribution in [0.1, 0.15) is 44.2 Å². The van der Waals surface area contributed by atoms with E-state index in [4.69, 9.17) is 0 Å². The van der Waals surface area contributed by atoms with Crippen molar-refractivity contribution in [3.63, 3.8) is 0 Å². The maximum Gasteiger partial charge on any atom is 0.183 e. The maximum absolute atomic E-state index is 13.0. The van der Waals surface area contributed by atoms with Gasteiger partial charge in [0.2, 0.25) is 0 Å². The lowest BCUT2D eigenvalue weighted by atomic mass is 10.1. The zero-order valence-electron chi connectivity index (χ0n) is 13.2. The Morgan fingerprint density at radius 3 is 2.35 bits per heavy atom. The lowest BCUT2D eigenvalue weighted by Gasteiger charge is -2.26. The minimum absolute atomic E-state index is 0.00918. The van der Waals surface area contributed by atoms with Crippen molar-refractivity contribution in [3.05, 3.63) is 29.3 Å². The number of sulfone groups is 1. The fourth-order valence-electron chi connectivity index (χ4n) is 2.72. The third kappa shape index (κ3) is 3.61. The van der Waals surface area contributed by atoms with Gasteiger partial charge in [-0.1, -0.05) is 32.4 Å². The highest BCUT2D eigenvalue weighted by molar-refractivity contribution is 7.92. The Hall–Kier alpha value is -0.870. The van der Waals surface area contributed by atoms with Crippen molar-refractivity contribution in [3.8, 4) is 0 Å².